The molecule has 0 saturated carbocycles. The molecule has 0 fully saturated rings. The summed E-state index contributed by atoms with van der Waals surface area (Å²) in [5, 5.41) is 8.87. The maximum Gasteiger partial charge on any atom is 0.118 e. The molecule has 1 rings (SSSR count). The van der Waals surface area contributed by atoms with Crippen molar-refractivity contribution in [2.45, 2.75) is 32.6 Å². The maximum absolute atomic E-state index is 6.19. The van der Waals surface area contributed by atoms with Crippen LogP contribution in [-0.4, -0.2) is 15.6 Å². The zero-order valence-electron chi connectivity index (χ0n) is 7.54. The lowest BCUT2D eigenvalue weighted by atomic mass is 9.90. The molecule has 0 radical (unpaired) electrons. The minimum absolute atomic E-state index is 0.130. The van der Waals surface area contributed by atoms with Crippen LogP contribution in [0.25, 0.3) is 0 Å². The molecular weight excluding hydrogens is 192 g/mol. The van der Waals surface area contributed by atoms with Gasteiger partial charge in [-0.3, -0.25) is 0 Å². The van der Waals surface area contributed by atoms with Crippen molar-refractivity contribution in [3.8, 4) is 0 Å². The standard InChI is InChI=1S/C8H13ClN2S/c1-8(2,3)6(9)4-7-11-10-5-12-7/h5-6H,4H2,1-3H3. The Bertz CT molecular complexity index is 228. The van der Waals surface area contributed by atoms with Gasteiger partial charge in [0.1, 0.15) is 10.5 Å². The lowest BCUT2D eigenvalue weighted by molar-refractivity contribution is 0.386. The van der Waals surface area contributed by atoms with Crippen LogP contribution in [0.15, 0.2) is 5.51 Å². The first-order valence-electron chi connectivity index (χ1n) is 3.89. The van der Waals surface area contributed by atoms with E-state index in [0.717, 1.165) is 11.4 Å². The molecule has 0 amide bonds. The second-order valence-corrected chi connectivity index (χ2v) is 5.31. The number of alkyl halides is 1. The van der Waals surface area contributed by atoms with Crippen LogP contribution in [0.4, 0.5) is 0 Å². The van der Waals surface area contributed by atoms with Gasteiger partial charge in [0, 0.05) is 11.8 Å². The summed E-state index contributed by atoms with van der Waals surface area (Å²) in [6.45, 7) is 6.39. The Morgan fingerprint density at radius 1 is 1.58 bits per heavy atom. The van der Waals surface area contributed by atoms with E-state index in [1.54, 1.807) is 16.8 Å². The molecule has 1 atom stereocenters. The molecule has 0 N–H and O–H groups in total. The van der Waals surface area contributed by atoms with Crippen LogP contribution in [0.3, 0.4) is 0 Å². The SMILES string of the molecule is CC(C)(C)C(Cl)Cc1nncs1. The van der Waals surface area contributed by atoms with Crippen LogP contribution >= 0.6 is 22.9 Å². The van der Waals surface area contributed by atoms with E-state index in [-0.39, 0.29) is 10.8 Å². The normalized spacial score (nSPS) is 14.7. The summed E-state index contributed by atoms with van der Waals surface area (Å²) in [6.07, 6.45) is 0.815. The second kappa shape index (κ2) is 3.71. The van der Waals surface area contributed by atoms with Gasteiger partial charge in [0.2, 0.25) is 0 Å². The summed E-state index contributed by atoms with van der Waals surface area (Å²) >= 11 is 7.75. The van der Waals surface area contributed by atoms with Crippen molar-refractivity contribution >= 4 is 22.9 Å². The lowest BCUT2D eigenvalue weighted by Crippen LogP contribution is -2.22. The van der Waals surface area contributed by atoms with Gasteiger partial charge in [-0.25, -0.2) is 0 Å². The van der Waals surface area contributed by atoms with Crippen LogP contribution in [0.2, 0.25) is 0 Å². The van der Waals surface area contributed by atoms with Crippen molar-refractivity contribution in [1.82, 2.24) is 10.2 Å². The molecule has 0 aliphatic rings. The molecule has 1 unspecified atom stereocenters. The summed E-state index contributed by atoms with van der Waals surface area (Å²) in [5.74, 6) is 0. The summed E-state index contributed by atoms with van der Waals surface area (Å²) < 4.78 is 0. The Hall–Kier alpha value is -0.150. The molecule has 0 spiro atoms. The Kier molecular flexibility index (Phi) is 3.07. The van der Waals surface area contributed by atoms with E-state index < -0.39 is 0 Å². The molecule has 2 nitrogen and oxygen atoms in total. The molecule has 1 heterocycles. The highest BCUT2D eigenvalue weighted by Crippen LogP contribution is 2.27. The number of nitrogens with zero attached hydrogens (tertiary/aromatic N) is 2. The highest BCUT2D eigenvalue weighted by atomic mass is 35.5. The smallest absolute Gasteiger partial charge is 0.118 e. The van der Waals surface area contributed by atoms with Gasteiger partial charge in [-0.15, -0.1) is 33.1 Å². The van der Waals surface area contributed by atoms with E-state index in [2.05, 4.69) is 31.0 Å². The first-order chi connectivity index (χ1) is 5.50. The fourth-order valence-corrected chi connectivity index (χ4v) is 1.56. The largest absolute Gasteiger partial charge is 0.147 e. The van der Waals surface area contributed by atoms with Gasteiger partial charge in [-0.2, -0.15) is 0 Å². The zero-order chi connectivity index (χ0) is 9.19. The first kappa shape index (κ1) is 9.93. The summed E-state index contributed by atoms with van der Waals surface area (Å²) in [7, 11) is 0. The third-order valence-corrected chi connectivity index (χ3v) is 3.23. The average molecular weight is 205 g/mol. The van der Waals surface area contributed by atoms with Crippen molar-refractivity contribution in [1.29, 1.82) is 0 Å². The van der Waals surface area contributed by atoms with Crippen LogP contribution in [0, 0.1) is 5.41 Å². The minimum atomic E-state index is 0.130. The molecule has 0 saturated heterocycles. The lowest BCUT2D eigenvalue weighted by Gasteiger charge is -2.23. The average Bonchev–Trinajstić information content (AvgIpc) is 2.37. The quantitative estimate of drug-likeness (QED) is 0.693. The Balaban J connectivity index is 2.53. The Morgan fingerprint density at radius 3 is 2.67 bits per heavy atom. The van der Waals surface area contributed by atoms with Gasteiger partial charge >= 0.3 is 0 Å². The monoisotopic (exact) mass is 204 g/mol. The summed E-state index contributed by atoms with van der Waals surface area (Å²) in [5.41, 5.74) is 1.87. The second-order valence-electron chi connectivity index (χ2n) is 3.87. The van der Waals surface area contributed by atoms with Crippen molar-refractivity contribution in [3.05, 3.63) is 10.5 Å². The van der Waals surface area contributed by atoms with E-state index >= 15 is 0 Å². The summed E-state index contributed by atoms with van der Waals surface area (Å²) in [6, 6.07) is 0. The third kappa shape index (κ3) is 2.72. The fraction of sp³-hybridized carbons (Fsp3) is 0.750. The zero-order valence-corrected chi connectivity index (χ0v) is 9.11. The molecule has 0 aliphatic carbocycles. The number of rotatable bonds is 2. The van der Waals surface area contributed by atoms with Gasteiger partial charge in [0.25, 0.3) is 0 Å². The van der Waals surface area contributed by atoms with Gasteiger partial charge < -0.3 is 0 Å². The molecule has 68 valence electrons. The number of halogens is 1. The predicted molar refractivity (Wildman–Crippen MR) is 52.7 cm³/mol. The fourth-order valence-electron chi connectivity index (χ4n) is 0.744. The predicted octanol–water partition coefficient (Wildman–Crippen LogP) is 2.73. The van der Waals surface area contributed by atoms with Crippen LogP contribution in [0.5, 0.6) is 0 Å². The number of hydrogen-bond acceptors (Lipinski definition) is 3. The number of aromatic nitrogens is 2. The van der Waals surface area contributed by atoms with E-state index in [4.69, 9.17) is 11.6 Å². The maximum atomic E-state index is 6.19. The molecule has 0 aliphatic heterocycles. The Morgan fingerprint density at radius 2 is 2.25 bits per heavy atom. The van der Waals surface area contributed by atoms with Gasteiger partial charge in [0.15, 0.2) is 0 Å². The van der Waals surface area contributed by atoms with Gasteiger partial charge in [-0.05, 0) is 5.41 Å². The molecule has 0 aromatic carbocycles. The molecule has 1 aromatic heterocycles. The molecule has 4 heteroatoms. The van der Waals surface area contributed by atoms with Crippen molar-refractivity contribution in [3.63, 3.8) is 0 Å². The summed E-state index contributed by atoms with van der Waals surface area (Å²) in [4.78, 5) is 0. The molecular formula is C8H13ClN2S. The van der Waals surface area contributed by atoms with Crippen molar-refractivity contribution in [2.75, 3.05) is 0 Å². The van der Waals surface area contributed by atoms with Gasteiger partial charge in [-0.1, -0.05) is 20.8 Å². The highest BCUT2D eigenvalue weighted by molar-refractivity contribution is 7.09. The van der Waals surface area contributed by atoms with E-state index in [0.29, 0.717) is 0 Å². The molecule has 1 aromatic rings. The molecule has 0 bridgehead atoms. The first-order valence-corrected chi connectivity index (χ1v) is 5.21. The Labute approximate surface area is 82.0 Å². The van der Waals surface area contributed by atoms with E-state index in [1.807, 2.05) is 0 Å². The van der Waals surface area contributed by atoms with Crippen LogP contribution < -0.4 is 0 Å². The topological polar surface area (TPSA) is 25.8 Å². The minimum Gasteiger partial charge on any atom is -0.147 e. The van der Waals surface area contributed by atoms with Crippen molar-refractivity contribution < 1.29 is 0 Å². The number of hydrogen-bond donors (Lipinski definition) is 0. The van der Waals surface area contributed by atoms with Crippen molar-refractivity contribution in [2.24, 2.45) is 5.41 Å². The van der Waals surface area contributed by atoms with Gasteiger partial charge in [0.05, 0.1) is 0 Å². The van der Waals surface area contributed by atoms with E-state index in [9.17, 15) is 0 Å². The molecule has 12 heavy (non-hydrogen) atoms. The highest BCUT2D eigenvalue weighted by Gasteiger charge is 2.23. The van der Waals surface area contributed by atoms with Crippen LogP contribution in [-0.2, 0) is 6.42 Å². The van der Waals surface area contributed by atoms with Crippen LogP contribution in [0.1, 0.15) is 25.8 Å². The van der Waals surface area contributed by atoms with E-state index in [1.165, 1.54) is 0 Å². The third-order valence-electron chi connectivity index (χ3n) is 1.70.